The molecule has 0 fully saturated rings. The van der Waals surface area contributed by atoms with Crippen molar-refractivity contribution in [1.29, 1.82) is 10.5 Å². The number of tetrazole rings is 1. The van der Waals surface area contributed by atoms with Crippen LogP contribution in [0.4, 0.5) is 23.0 Å². The van der Waals surface area contributed by atoms with Gasteiger partial charge in [-0.1, -0.05) is 48.0 Å². The van der Waals surface area contributed by atoms with Crippen molar-refractivity contribution in [3.05, 3.63) is 187 Å². The second kappa shape index (κ2) is 16.5. The number of hydrogen-bond acceptors (Lipinski definition) is 10. The minimum absolute atomic E-state index is 0.451. The molecule has 7 aromatic heterocycles. The molecule has 12 rings (SSSR count). The van der Waals surface area contributed by atoms with Gasteiger partial charge in [0, 0.05) is 35.5 Å². The Labute approximate surface area is 362 Å². The van der Waals surface area contributed by atoms with Crippen LogP contribution in [0.3, 0.4) is 0 Å². The predicted octanol–water partition coefficient (Wildman–Crippen LogP) is 10.5. The first kappa shape index (κ1) is 38.1. The molecule has 0 unspecified atom stereocenters. The third-order valence-corrected chi connectivity index (χ3v) is 10.5. The van der Waals surface area contributed by atoms with Gasteiger partial charge in [-0.25, -0.2) is 15.0 Å². The molecule has 0 atom stereocenters. The standard InChI is InChI=1S/C18H13N7.C18H12N4.C12H6ClN3/c1-2-5-13(6-3-1)19-18-16-7-4-10-25(16)15-9-8-12(11-14(15)20-18)17-21-23-24-22-17;19-12-13-8-9-16-15(11-13)21-18(17-7-4-10-22(16)17)20-14-5-2-1-3-6-14;13-12-11-2-1-5-16(11)10-4-3-8(7-14)6-9(10)15-12/h1-11H,(H,19,20)(H,21,22,23,24);1-11H,(H,20,21);1-6H. The summed E-state index contributed by atoms with van der Waals surface area (Å²) in [4.78, 5) is 13.8. The number of rotatable bonds is 5. The molecule has 0 bridgehead atoms. The summed E-state index contributed by atoms with van der Waals surface area (Å²) in [5.41, 5.74) is 12.3. The van der Waals surface area contributed by atoms with Crippen molar-refractivity contribution in [2.24, 2.45) is 0 Å². The lowest BCUT2D eigenvalue weighted by Crippen LogP contribution is -1.99. The first-order chi connectivity index (χ1) is 31.0. The summed E-state index contributed by atoms with van der Waals surface area (Å²) in [6.45, 7) is 0. The largest absolute Gasteiger partial charge is 0.338 e. The average Bonchev–Trinajstić information content (AvgIpc) is 4.18. The van der Waals surface area contributed by atoms with E-state index in [2.05, 4.69) is 57.2 Å². The van der Waals surface area contributed by atoms with Crippen molar-refractivity contribution in [3.8, 4) is 23.5 Å². The van der Waals surface area contributed by atoms with Gasteiger partial charge in [0.25, 0.3) is 0 Å². The third-order valence-electron chi connectivity index (χ3n) is 10.3. The molecule has 63 heavy (non-hydrogen) atoms. The molecule has 7 heterocycles. The molecule has 0 amide bonds. The lowest BCUT2D eigenvalue weighted by Gasteiger charge is -2.11. The highest BCUT2D eigenvalue weighted by Crippen LogP contribution is 2.29. The number of aromatic nitrogens is 10. The molecule has 0 saturated heterocycles. The first-order valence-corrected chi connectivity index (χ1v) is 20.0. The quantitative estimate of drug-likeness (QED) is 0.151. The van der Waals surface area contributed by atoms with Crippen LogP contribution < -0.4 is 10.6 Å². The lowest BCUT2D eigenvalue weighted by molar-refractivity contribution is 0.881. The summed E-state index contributed by atoms with van der Waals surface area (Å²) < 4.78 is 6.16. The predicted molar refractivity (Wildman–Crippen MR) is 245 cm³/mol. The number of halogens is 1. The number of hydrogen-bond donors (Lipinski definition) is 3. The van der Waals surface area contributed by atoms with E-state index in [0.717, 1.165) is 78.2 Å². The fourth-order valence-electron chi connectivity index (χ4n) is 7.36. The third kappa shape index (κ3) is 7.53. The van der Waals surface area contributed by atoms with E-state index in [1.165, 1.54) is 0 Å². The minimum atomic E-state index is 0.451. The van der Waals surface area contributed by atoms with Gasteiger partial charge in [0.1, 0.15) is 0 Å². The van der Waals surface area contributed by atoms with Crippen LogP contribution in [-0.2, 0) is 0 Å². The Kier molecular flexibility index (Phi) is 9.99. The second-order valence-corrected chi connectivity index (χ2v) is 14.5. The normalized spacial score (nSPS) is 10.9. The van der Waals surface area contributed by atoms with Gasteiger partial charge in [-0.2, -0.15) is 15.7 Å². The van der Waals surface area contributed by atoms with Gasteiger partial charge in [-0.15, -0.1) is 10.2 Å². The monoisotopic (exact) mass is 838 g/mol. The van der Waals surface area contributed by atoms with E-state index in [0.29, 0.717) is 22.1 Å². The molecular formula is C48H31ClN14. The molecule has 0 aliphatic carbocycles. The van der Waals surface area contributed by atoms with Crippen LogP contribution in [0.15, 0.2) is 170 Å². The highest BCUT2D eigenvalue weighted by atomic mass is 35.5. The average molecular weight is 839 g/mol. The van der Waals surface area contributed by atoms with Gasteiger partial charge in [0.05, 0.1) is 72.9 Å². The number of para-hydroxylation sites is 2. The molecule has 0 spiro atoms. The molecule has 0 radical (unpaired) electrons. The Hall–Kier alpha value is -9.11. The number of benzene rings is 5. The zero-order chi connectivity index (χ0) is 42.7. The maximum Gasteiger partial charge on any atom is 0.204 e. The molecule has 0 saturated carbocycles. The Morgan fingerprint density at radius 2 is 0.968 bits per heavy atom. The van der Waals surface area contributed by atoms with Crippen LogP contribution in [0.1, 0.15) is 11.1 Å². The SMILES string of the molecule is N#Cc1ccc2c(c1)nc(Cl)c1cccn12.N#Cc1ccc2c(c1)nc(Nc1ccccc1)c1cccn12.c1ccc(Nc2nc3cc(-c4nn[nH]n4)ccc3n3cccc23)cc1. The van der Waals surface area contributed by atoms with Crippen LogP contribution in [0.2, 0.25) is 5.15 Å². The van der Waals surface area contributed by atoms with Crippen LogP contribution >= 0.6 is 11.6 Å². The van der Waals surface area contributed by atoms with E-state index < -0.39 is 0 Å². The summed E-state index contributed by atoms with van der Waals surface area (Å²) in [5, 5.41) is 39.3. The van der Waals surface area contributed by atoms with Crippen molar-refractivity contribution >= 4 is 84.3 Å². The molecule has 5 aromatic carbocycles. The van der Waals surface area contributed by atoms with Crippen LogP contribution in [0.5, 0.6) is 0 Å². The van der Waals surface area contributed by atoms with Gasteiger partial charge >= 0.3 is 0 Å². The number of nitrogens with zero attached hydrogens (tertiary/aromatic N) is 11. The van der Waals surface area contributed by atoms with E-state index in [4.69, 9.17) is 32.1 Å². The molecule has 300 valence electrons. The Bertz CT molecular complexity index is 3680. The van der Waals surface area contributed by atoms with Crippen LogP contribution in [-0.4, -0.2) is 48.8 Å². The number of nitrogens with one attached hydrogen (secondary N) is 3. The fraction of sp³-hybridized carbons (Fsp3) is 0. The number of anilines is 4. The number of aromatic amines is 1. The van der Waals surface area contributed by atoms with E-state index in [1.807, 2.05) is 163 Å². The van der Waals surface area contributed by atoms with Gasteiger partial charge in [0.15, 0.2) is 16.8 Å². The molecule has 12 aromatic rings. The zero-order valence-electron chi connectivity index (χ0n) is 33.0. The van der Waals surface area contributed by atoms with Crippen LogP contribution in [0, 0.1) is 22.7 Å². The van der Waals surface area contributed by atoms with Crippen molar-refractivity contribution in [3.63, 3.8) is 0 Å². The Morgan fingerprint density at radius 3 is 1.48 bits per heavy atom. The van der Waals surface area contributed by atoms with Crippen LogP contribution in [0.25, 0.3) is 61.0 Å². The topological polar surface area (TPSA) is 178 Å². The van der Waals surface area contributed by atoms with Gasteiger partial charge in [-0.3, -0.25) is 0 Å². The van der Waals surface area contributed by atoms with E-state index in [1.54, 1.807) is 12.1 Å². The van der Waals surface area contributed by atoms with Gasteiger partial charge in [0.2, 0.25) is 5.82 Å². The molecule has 14 nitrogen and oxygen atoms in total. The highest BCUT2D eigenvalue weighted by molar-refractivity contribution is 6.33. The lowest BCUT2D eigenvalue weighted by atomic mass is 10.2. The van der Waals surface area contributed by atoms with E-state index in [-0.39, 0.29) is 0 Å². The number of nitriles is 2. The van der Waals surface area contributed by atoms with E-state index >= 15 is 0 Å². The summed E-state index contributed by atoms with van der Waals surface area (Å²) >= 11 is 6.06. The van der Waals surface area contributed by atoms with Crippen molar-refractivity contribution < 1.29 is 0 Å². The maximum absolute atomic E-state index is 9.07. The van der Waals surface area contributed by atoms with E-state index in [9.17, 15) is 0 Å². The summed E-state index contributed by atoms with van der Waals surface area (Å²) in [6, 6.07) is 53.0. The van der Waals surface area contributed by atoms with Gasteiger partial charge < -0.3 is 23.8 Å². The molecule has 3 N–H and O–H groups in total. The van der Waals surface area contributed by atoms with Crippen molar-refractivity contribution in [2.45, 2.75) is 0 Å². The second-order valence-electron chi connectivity index (χ2n) is 14.2. The highest BCUT2D eigenvalue weighted by Gasteiger charge is 2.12. The van der Waals surface area contributed by atoms with Gasteiger partial charge in [-0.05, 0) is 120 Å². The Morgan fingerprint density at radius 1 is 0.492 bits per heavy atom. The molecule has 0 aliphatic rings. The molecule has 0 aliphatic heterocycles. The number of H-pyrrole nitrogens is 1. The van der Waals surface area contributed by atoms with Crippen molar-refractivity contribution in [2.75, 3.05) is 10.6 Å². The first-order valence-electron chi connectivity index (χ1n) is 19.6. The Balaban J connectivity index is 0.000000115. The number of fused-ring (bicyclic) bond motifs is 9. The summed E-state index contributed by atoms with van der Waals surface area (Å²) in [7, 11) is 0. The maximum atomic E-state index is 9.07. The fourth-order valence-corrected chi connectivity index (χ4v) is 7.60. The smallest absolute Gasteiger partial charge is 0.204 e. The van der Waals surface area contributed by atoms with Crippen molar-refractivity contribution in [1.82, 2.24) is 48.8 Å². The molecular weight excluding hydrogens is 808 g/mol. The summed E-state index contributed by atoms with van der Waals surface area (Å²) in [6.07, 6.45) is 5.96. The molecule has 15 heteroatoms. The summed E-state index contributed by atoms with van der Waals surface area (Å²) in [5.74, 6) is 2.13. The minimum Gasteiger partial charge on any atom is -0.338 e. The zero-order valence-corrected chi connectivity index (χ0v) is 33.7.